The van der Waals surface area contributed by atoms with Gasteiger partial charge in [0.05, 0.1) is 6.54 Å². The number of aryl methyl sites for hydroxylation is 2. The molecule has 0 atom stereocenters. The highest BCUT2D eigenvalue weighted by Gasteiger charge is 2.09. The van der Waals surface area contributed by atoms with E-state index in [-0.39, 0.29) is 37.0 Å². The van der Waals surface area contributed by atoms with E-state index in [1.165, 1.54) is 15.9 Å². The van der Waals surface area contributed by atoms with Crippen molar-refractivity contribution in [3.05, 3.63) is 39.5 Å². The third-order valence-electron chi connectivity index (χ3n) is 3.03. The summed E-state index contributed by atoms with van der Waals surface area (Å²) in [6.07, 6.45) is 1.67. The summed E-state index contributed by atoms with van der Waals surface area (Å²) in [4.78, 5) is 42.9. The van der Waals surface area contributed by atoms with Gasteiger partial charge in [-0.3, -0.25) is 14.2 Å². The van der Waals surface area contributed by atoms with Gasteiger partial charge >= 0.3 is 5.69 Å². The number of aromatic nitrogens is 3. The Hall–Kier alpha value is -2.55. The fraction of sp³-hybridized carbons (Fsp3) is 0.357. The molecule has 2 N–H and O–H groups in total. The Labute approximate surface area is 136 Å². The van der Waals surface area contributed by atoms with Gasteiger partial charge in [0.15, 0.2) is 5.13 Å². The first-order valence-corrected chi connectivity index (χ1v) is 7.85. The zero-order chi connectivity index (χ0) is 16.8. The molecule has 8 nitrogen and oxygen atoms in total. The SMILES string of the molecule is Cc1cc(C)n(CCC(=O)NCC(=O)Nc2nccs2)c(=O)n1. The summed E-state index contributed by atoms with van der Waals surface area (Å²) in [5.41, 5.74) is 1.01. The van der Waals surface area contributed by atoms with Crippen LogP contribution in [0.4, 0.5) is 5.13 Å². The molecule has 0 aliphatic rings. The zero-order valence-corrected chi connectivity index (χ0v) is 13.6. The molecule has 2 rings (SSSR count). The molecule has 2 aromatic rings. The third kappa shape index (κ3) is 4.99. The number of amides is 2. The van der Waals surface area contributed by atoms with Gasteiger partial charge < -0.3 is 10.6 Å². The van der Waals surface area contributed by atoms with E-state index in [1.807, 2.05) is 0 Å². The number of hydrogen-bond acceptors (Lipinski definition) is 6. The molecule has 0 aromatic carbocycles. The van der Waals surface area contributed by atoms with Crippen molar-refractivity contribution in [1.82, 2.24) is 19.9 Å². The van der Waals surface area contributed by atoms with Gasteiger partial charge in [0, 0.05) is 35.9 Å². The normalized spacial score (nSPS) is 10.3. The lowest BCUT2D eigenvalue weighted by Crippen LogP contribution is -2.34. The van der Waals surface area contributed by atoms with Crippen LogP contribution in [0.3, 0.4) is 0 Å². The van der Waals surface area contributed by atoms with Crippen LogP contribution in [0.2, 0.25) is 0 Å². The molecular weight excluding hydrogens is 318 g/mol. The fourth-order valence-electron chi connectivity index (χ4n) is 1.98. The molecule has 0 bridgehead atoms. The van der Waals surface area contributed by atoms with Crippen molar-refractivity contribution < 1.29 is 9.59 Å². The Morgan fingerprint density at radius 1 is 1.30 bits per heavy atom. The Morgan fingerprint density at radius 3 is 2.74 bits per heavy atom. The van der Waals surface area contributed by atoms with Crippen LogP contribution in [0, 0.1) is 13.8 Å². The predicted octanol–water partition coefficient (Wildman–Crippen LogP) is 0.462. The molecule has 0 saturated carbocycles. The lowest BCUT2D eigenvalue weighted by Gasteiger charge is -2.09. The highest BCUT2D eigenvalue weighted by Crippen LogP contribution is 2.09. The molecule has 2 heterocycles. The number of carbonyl (C=O) groups is 2. The first-order chi connectivity index (χ1) is 11.0. The van der Waals surface area contributed by atoms with Gasteiger partial charge in [-0.2, -0.15) is 4.98 Å². The molecule has 0 saturated heterocycles. The van der Waals surface area contributed by atoms with Crippen molar-refractivity contribution in [2.75, 3.05) is 11.9 Å². The molecule has 0 radical (unpaired) electrons. The molecule has 23 heavy (non-hydrogen) atoms. The van der Waals surface area contributed by atoms with E-state index in [9.17, 15) is 14.4 Å². The smallest absolute Gasteiger partial charge is 0.347 e. The average Bonchev–Trinajstić information content (AvgIpc) is 2.96. The Morgan fingerprint density at radius 2 is 2.09 bits per heavy atom. The van der Waals surface area contributed by atoms with E-state index in [1.54, 1.807) is 31.5 Å². The van der Waals surface area contributed by atoms with Gasteiger partial charge in [-0.25, -0.2) is 9.78 Å². The van der Waals surface area contributed by atoms with Crippen molar-refractivity contribution in [2.24, 2.45) is 0 Å². The molecule has 0 aliphatic carbocycles. The van der Waals surface area contributed by atoms with Gasteiger partial charge in [0.2, 0.25) is 11.8 Å². The van der Waals surface area contributed by atoms with E-state index >= 15 is 0 Å². The average molecular weight is 335 g/mol. The van der Waals surface area contributed by atoms with Crippen LogP contribution in [0.15, 0.2) is 22.4 Å². The van der Waals surface area contributed by atoms with Crippen LogP contribution in [0.25, 0.3) is 0 Å². The second kappa shape index (κ2) is 7.63. The van der Waals surface area contributed by atoms with Crippen molar-refractivity contribution in [3.63, 3.8) is 0 Å². The summed E-state index contributed by atoms with van der Waals surface area (Å²) in [5.74, 6) is -0.662. The third-order valence-corrected chi connectivity index (χ3v) is 3.72. The summed E-state index contributed by atoms with van der Waals surface area (Å²) in [6.45, 7) is 3.61. The predicted molar refractivity (Wildman–Crippen MR) is 86.3 cm³/mol. The Kier molecular flexibility index (Phi) is 5.58. The van der Waals surface area contributed by atoms with Crippen LogP contribution >= 0.6 is 11.3 Å². The number of nitrogens with zero attached hydrogens (tertiary/aromatic N) is 3. The van der Waals surface area contributed by atoms with Gasteiger partial charge in [-0.15, -0.1) is 11.3 Å². The summed E-state index contributed by atoms with van der Waals surface area (Å²) in [5, 5.41) is 7.29. The molecule has 122 valence electrons. The first kappa shape index (κ1) is 16.8. The molecule has 0 aliphatic heterocycles. The van der Waals surface area contributed by atoms with Crippen molar-refractivity contribution in [2.45, 2.75) is 26.8 Å². The van der Waals surface area contributed by atoms with Crippen LogP contribution in [-0.4, -0.2) is 32.9 Å². The van der Waals surface area contributed by atoms with Gasteiger partial charge in [0.25, 0.3) is 0 Å². The van der Waals surface area contributed by atoms with E-state index in [0.717, 1.165) is 5.69 Å². The topological polar surface area (TPSA) is 106 Å². The summed E-state index contributed by atoms with van der Waals surface area (Å²) >= 11 is 1.30. The maximum absolute atomic E-state index is 11.8. The molecule has 9 heteroatoms. The Bertz CT molecular complexity index is 754. The largest absolute Gasteiger partial charge is 0.347 e. The standard InChI is InChI=1S/C14H17N5O3S/c1-9-7-10(2)19(14(22)17-9)5-3-11(20)16-8-12(21)18-13-15-4-6-23-13/h4,6-7H,3,5,8H2,1-2H3,(H,16,20)(H,15,18,21). The first-order valence-electron chi connectivity index (χ1n) is 6.97. The highest BCUT2D eigenvalue weighted by molar-refractivity contribution is 7.13. The minimum atomic E-state index is -0.378. The Balaban J connectivity index is 1.79. The van der Waals surface area contributed by atoms with Crippen LogP contribution in [0.5, 0.6) is 0 Å². The number of nitrogens with one attached hydrogen (secondary N) is 2. The van der Waals surface area contributed by atoms with E-state index < -0.39 is 0 Å². The fourth-order valence-corrected chi connectivity index (χ4v) is 2.52. The second-order valence-electron chi connectivity index (χ2n) is 4.89. The highest BCUT2D eigenvalue weighted by atomic mass is 32.1. The summed E-state index contributed by atoms with van der Waals surface area (Å²) in [7, 11) is 0. The number of carbonyl (C=O) groups excluding carboxylic acids is 2. The quantitative estimate of drug-likeness (QED) is 0.798. The number of anilines is 1. The van der Waals surface area contributed by atoms with E-state index in [4.69, 9.17) is 0 Å². The van der Waals surface area contributed by atoms with Crippen LogP contribution in [-0.2, 0) is 16.1 Å². The molecule has 0 fully saturated rings. The molecule has 0 spiro atoms. The maximum Gasteiger partial charge on any atom is 0.347 e. The van der Waals surface area contributed by atoms with Crippen molar-refractivity contribution in [1.29, 1.82) is 0 Å². The monoisotopic (exact) mass is 335 g/mol. The summed E-state index contributed by atoms with van der Waals surface area (Å²) in [6, 6.07) is 1.78. The second-order valence-corrected chi connectivity index (χ2v) is 5.78. The number of hydrogen-bond donors (Lipinski definition) is 2. The lowest BCUT2D eigenvalue weighted by atomic mass is 10.3. The van der Waals surface area contributed by atoms with Gasteiger partial charge in [-0.05, 0) is 19.9 Å². The summed E-state index contributed by atoms with van der Waals surface area (Å²) < 4.78 is 1.43. The van der Waals surface area contributed by atoms with Crippen molar-refractivity contribution >= 4 is 28.3 Å². The lowest BCUT2D eigenvalue weighted by molar-refractivity contribution is -0.124. The van der Waals surface area contributed by atoms with Crippen LogP contribution < -0.4 is 16.3 Å². The van der Waals surface area contributed by atoms with E-state index in [2.05, 4.69) is 20.6 Å². The van der Waals surface area contributed by atoms with E-state index in [0.29, 0.717) is 10.8 Å². The zero-order valence-electron chi connectivity index (χ0n) is 12.8. The molecule has 2 aromatic heterocycles. The van der Waals surface area contributed by atoms with Gasteiger partial charge in [0.1, 0.15) is 0 Å². The molecule has 0 unspecified atom stereocenters. The maximum atomic E-state index is 11.8. The molecule has 2 amide bonds. The van der Waals surface area contributed by atoms with Crippen molar-refractivity contribution in [3.8, 4) is 0 Å². The minimum Gasteiger partial charge on any atom is -0.347 e. The van der Waals surface area contributed by atoms with Crippen LogP contribution in [0.1, 0.15) is 17.8 Å². The molecular formula is C14H17N5O3S. The minimum absolute atomic E-state index is 0.0933. The van der Waals surface area contributed by atoms with Gasteiger partial charge in [-0.1, -0.05) is 0 Å². The number of thiazole rings is 1. The number of rotatable bonds is 6.